The van der Waals surface area contributed by atoms with E-state index in [1.54, 1.807) is 24.3 Å². The van der Waals surface area contributed by atoms with E-state index in [0.717, 1.165) is 5.56 Å². The maximum absolute atomic E-state index is 13.1. The maximum Gasteiger partial charge on any atom is 0.256 e. The molecule has 1 aliphatic rings. The molecule has 1 fully saturated rings. The topological polar surface area (TPSA) is 123 Å². The number of ether oxygens (including phenoxy) is 2. The Bertz CT molecular complexity index is 718. The highest BCUT2D eigenvalue weighted by Crippen LogP contribution is 2.21. The summed E-state index contributed by atoms with van der Waals surface area (Å²) in [5.74, 6) is 4.04. The number of hydrogen-bond acceptors (Lipinski definition) is 6. The summed E-state index contributed by atoms with van der Waals surface area (Å²) in [7, 11) is 3.06. The number of hydrazine groups is 1. The molecule has 0 aromatic heterocycles. The number of nitrogens with zero attached hydrogens (tertiary/aromatic N) is 1. The molecule has 9 nitrogen and oxygen atoms in total. The zero-order chi connectivity index (χ0) is 21.6. The van der Waals surface area contributed by atoms with Gasteiger partial charge in [-0.2, -0.15) is 0 Å². The first-order chi connectivity index (χ1) is 13.8. The van der Waals surface area contributed by atoms with Crippen LogP contribution in [0.3, 0.4) is 0 Å². The van der Waals surface area contributed by atoms with Gasteiger partial charge in [0.1, 0.15) is 12.1 Å². The molecular formula is C20H30N4O5. The summed E-state index contributed by atoms with van der Waals surface area (Å²) in [6, 6.07) is 5.42. The second kappa shape index (κ2) is 10.3. The van der Waals surface area contributed by atoms with Gasteiger partial charge in [0.15, 0.2) is 6.29 Å². The van der Waals surface area contributed by atoms with Crippen LogP contribution in [-0.2, 0) is 19.1 Å². The number of benzene rings is 1. The highest BCUT2D eigenvalue weighted by Gasteiger charge is 2.38. The minimum Gasteiger partial charge on any atom is -0.352 e. The monoisotopic (exact) mass is 406 g/mol. The molecule has 2 atom stereocenters. The Morgan fingerprint density at radius 1 is 1.14 bits per heavy atom. The second-order valence-corrected chi connectivity index (χ2v) is 7.32. The van der Waals surface area contributed by atoms with Gasteiger partial charge >= 0.3 is 0 Å². The zero-order valence-corrected chi connectivity index (χ0v) is 17.3. The highest BCUT2D eigenvalue weighted by molar-refractivity contribution is 5.98. The van der Waals surface area contributed by atoms with Gasteiger partial charge in [-0.3, -0.25) is 19.8 Å². The number of carbonyl (C=O) groups excluding carboxylic acids is 3. The van der Waals surface area contributed by atoms with Crippen molar-refractivity contribution in [2.75, 3.05) is 20.8 Å². The molecule has 0 spiro atoms. The molecule has 1 aromatic carbocycles. The SMILES string of the molecule is COC(OC)c1ccc(C(=O)N[C@H](C(=O)N2CCC[C@H]2C(=O)NN)C(C)C)cc1. The van der Waals surface area contributed by atoms with Gasteiger partial charge in [0.2, 0.25) is 5.91 Å². The molecule has 9 heteroatoms. The lowest BCUT2D eigenvalue weighted by molar-refractivity contribution is -0.140. The van der Waals surface area contributed by atoms with Crippen molar-refractivity contribution in [3.05, 3.63) is 35.4 Å². The minimum absolute atomic E-state index is 0.153. The van der Waals surface area contributed by atoms with E-state index < -0.39 is 24.3 Å². The van der Waals surface area contributed by atoms with Gasteiger partial charge < -0.3 is 19.7 Å². The van der Waals surface area contributed by atoms with Crippen LogP contribution in [-0.4, -0.2) is 55.5 Å². The first-order valence-corrected chi connectivity index (χ1v) is 9.61. The molecule has 0 radical (unpaired) electrons. The smallest absolute Gasteiger partial charge is 0.256 e. The van der Waals surface area contributed by atoms with Crippen LogP contribution in [0.2, 0.25) is 0 Å². The number of nitrogens with two attached hydrogens (primary N) is 1. The molecular weight excluding hydrogens is 376 g/mol. The fourth-order valence-electron chi connectivity index (χ4n) is 3.48. The molecule has 0 bridgehead atoms. The number of likely N-dealkylation sites (tertiary alicyclic amines) is 1. The summed E-state index contributed by atoms with van der Waals surface area (Å²) in [6.07, 6.45) is 0.747. The lowest BCUT2D eigenvalue weighted by atomic mass is 10.0. The predicted molar refractivity (Wildman–Crippen MR) is 106 cm³/mol. The van der Waals surface area contributed by atoms with Gasteiger partial charge in [0, 0.05) is 31.9 Å². The third-order valence-electron chi connectivity index (χ3n) is 5.07. The van der Waals surface area contributed by atoms with Crippen molar-refractivity contribution < 1.29 is 23.9 Å². The predicted octanol–water partition coefficient (Wildman–Crippen LogP) is 0.713. The molecule has 1 heterocycles. The van der Waals surface area contributed by atoms with Gasteiger partial charge in [-0.15, -0.1) is 0 Å². The molecule has 4 N–H and O–H groups in total. The molecule has 0 unspecified atom stereocenters. The van der Waals surface area contributed by atoms with Crippen LogP contribution in [0.15, 0.2) is 24.3 Å². The van der Waals surface area contributed by atoms with E-state index in [1.165, 1.54) is 19.1 Å². The normalized spacial score (nSPS) is 17.5. The largest absolute Gasteiger partial charge is 0.352 e. The van der Waals surface area contributed by atoms with Crippen molar-refractivity contribution in [3.8, 4) is 0 Å². The van der Waals surface area contributed by atoms with Crippen LogP contribution in [0.25, 0.3) is 0 Å². The van der Waals surface area contributed by atoms with E-state index in [4.69, 9.17) is 15.3 Å². The molecule has 160 valence electrons. The Morgan fingerprint density at radius 2 is 1.76 bits per heavy atom. The van der Waals surface area contributed by atoms with Crippen LogP contribution < -0.4 is 16.6 Å². The van der Waals surface area contributed by atoms with Crippen LogP contribution >= 0.6 is 0 Å². The summed E-state index contributed by atoms with van der Waals surface area (Å²) >= 11 is 0. The Balaban J connectivity index is 2.12. The van der Waals surface area contributed by atoms with Crippen molar-refractivity contribution in [1.82, 2.24) is 15.6 Å². The average molecular weight is 406 g/mol. The van der Waals surface area contributed by atoms with Gasteiger partial charge in [0.25, 0.3) is 11.8 Å². The average Bonchev–Trinajstić information content (AvgIpc) is 3.22. The summed E-state index contributed by atoms with van der Waals surface area (Å²) in [5, 5.41) is 2.81. The summed E-state index contributed by atoms with van der Waals surface area (Å²) in [5.41, 5.74) is 3.30. The van der Waals surface area contributed by atoms with Crippen LogP contribution in [0.4, 0.5) is 0 Å². The van der Waals surface area contributed by atoms with E-state index in [-0.39, 0.29) is 17.7 Å². The quantitative estimate of drug-likeness (QED) is 0.253. The van der Waals surface area contributed by atoms with Gasteiger partial charge in [-0.05, 0) is 30.9 Å². The number of methoxy groups -OCH3 is 2. The van der Waals surface area contributed by atoms with Gasteiger partial charge in [0.05, 0.1) is 0 Å². The van der Waals surface area contributed by atoms with Crippen LogP contribution in [0.1, 0.15) is 48.9 Å². The molecule has 1 aliphatic heterocycles. The summed E-state index contributed by atoms with van der Waals surface area (Å²) in [6.45, 7) is 4.16. The Kier molecular flexibility index (Phi) is 8.12. The van der Waals surface area contributed by atoms with E-state index in [9.17, 15) is 14.4 Å². The first-order valence-electron chi connectivity index (χ1n) is 9.61. The standard InChI is InChI=1S/C20H30N4O5/c1-12(2)16(19(27)24-11-5-6-15(24)18(26)23-21)22-17(25)13-7-9-14(10-8-13)20(28-3)29-4/h7-10,12,15-16,20H,5-6,11,21H2,1-4H3,(H,22,25)(H,23,26)/t15-,16-/m0/s1. The molecule has 0 aliphatic carbocycles. The molecule has 1 saturated heterocycles. The first kappa shape index (κ1) is 22.8. The Morgan fingerprint density at radius 3 is 2.28 bits per heavy atom. The Hall–Kier alpha value is -2.49. The van der Waals surface area contributed by atoms with Crippen molar-refractivity contribution in [2.24, 2.45) is 11.8 Å². The van der Waals surface area contributed by atoms with E-state index in [0.29, 0.717) is 24.9 Å². The lowest BCUT2D eigenvalue weighted by Gasteiger charge is -2.30. The molecule has 0 saturated carbocycles. The number of amides is 3. The number of rotatable bonds is 8. The molecule has 3 amide bonds. The van der Waals surface area contributed by atoms with E-state index in [1.807, 2.05) is 13.8 Å². The van der Waals surface area contributed by atoms with Crippen LogP contribution in [0.5, 0.6) is 0 Å². The van der Waals surface area contributed by atoms with Crippen LogP contribution in [0, 0.1) is 5.92 Å². The van der Waals surface area contributed by atoms with Crippen molar-refractivity contribution >= 4 is 17.7 Å². The molecule has 1 aromatic rings. The minimum atomic E-state index is -0.751. The van der Waals surface area contributed by atoms with Crippen molar-refractivity contribution in [2.45, 2.75) is 45.1 Å². The number of hydrogen-bond donors (Lipinski definition) is 3. The third kappa shape index (κ3) is 5.31. The molecule has 29 heavy (non-hydrogen) atoms. The fourth-order valence-corrected chi connectivity index (χ4v) is 3.48. The number of nitrogens with one attached hydrogen (secondary N) is 2. The highest BCUT2D eigenvalue weighted by atomic mass is 16.7. The van der Waals surface area contributed by atoms with Crippen molar-refractivity contribution in [3.63, 3.8) is 0 Å². The fraction of sp³-hybridized carbons (Fsp3) is 0.550. The zero-order valence-electron chi connectivity index (χ0n) is 17.3. The number of carbonyl (C=O) groups is 3. The van der Waals surface area contributed by atoms with E-state index in [2.05, 4.69) is 10.7 Å². The second-order valence-electron chi connectivity index (χ2n) is 7.32. The summed E-state index contributed by atoms with van der Waals surface area (Å²) < 4.78 is 10.4. The van der Waals surface area contributed by atoms with Crippen molar-refractivity contribution in [1.29, 1.82) is 0 Å². The van der Waals surface area contributed by atoms with Gasteiger partial charge in [-0.25, -0.2) is 5.84 Å². The van der Waals surface area contributed by atoms with Gasteiger partial charge in [-0.1, -0.05) is 26.0 Å². The summed E-state index contributed by atoms with van der Waals surface area (Å²) in [4.78, 5) is 39.3. The third-order valence-corrected chi connectivity index (χ3v) is 5.07. The lowest BCUT2D eigenvalue weighted by Crippen LogP contribution is -2.55. The van der Waals surface area contributed by atoms with E-state index >= 15 is 0 Å². The molecule has 2 rings (SSSR count). The maximum atomic E-state index is 13.1. The Labute approximate surface area is 170 Å².